The molecule has 0 saturated carbocycles. The van der Waals surface area contributed by atoms with Crippen molar-refractivity contribution < 1.29 is 19.8 Å². The molecule has 0 fully saturated rings. The summed E-state index contributed by atoms with van der Waals surface area (Å²) >= 11 is 11.4. The average molecular weight is 315 g/mol. The molecule has 0 bridgehead atoms. The fourth-order valence-corrected chi connectivity index (χ4v) is 1.85. The number of aromatic amines is 1. The molecule has 104 valence electrons. The molecule has 0 atom stereocenters. The number of para-hydroxylation sites is 1. The highest BCUT2D eigenvalue weighted by Crippen LogP contribution is 2.28. The van der Waals surface area contributed by atoms with Gasteiger partial charge in [0.2, 0.25) is 0 Å². The van der Waals surface area contributed by atoms with Crippen LogP contribution in [0, 0.1) is 0 Å². The Bertz CT molecular complexity index is 677. The summed E-state index contributed by atoms with van der Waals surface area (Å²) in [6.07, 6.45) is 0. The minimum atomic E-state index is -1.30. The monoisotopic (exact) mass is 314 g/mol. The molecule has 0 aliphatic heterocycles. The lowest BCUT2D eigenvalue weighted by Gasteiger charge is -2.08. The van der Waals surface area contributed by atoms with Crippen molar-refractivity contribution in [2.45, 2.75) is 0 Å². The van der Waals surface area contributed by atoms with E-state index in [2.05, 4.69) is 10.3 Å². The molecule has 6 nitrogen and oxygen atoms in total. The maximum absolute atomic E-state index is 11.9. The molecule has 0 spiro atoms. The number of carbonyl (C=O) groups is 2. The molecule has 20 heavy (non-hydrogen) atoms. The molecule has 1 amide bonds. The van der Waals surface area contributed by atoms with Crippen LogP contribution in [0.5, 0.6) is 5.75 Å². The van der Waals surface area contributed by atoms with Crippen LogP contribution in [0.25, 0.3) is 0 Å². The van der Waals surface area contributed by atoms with E-state index in [1.54, 1.807) is 0 Å². The van der Waals surface area contributed by atoms with Gasteiger partial charge in [0.15, 0.2) is 5.75 Å². The Morgan fingerprint density at radius 3 is 2.50 bits per heavy atom. The number of aromatic carboxylic acids is 1. The number of amides is 1. The Morgan fingerprint density at radius 2 is 1.95 bits per heavy atom. The molecule has 8 heteroatoms. The van der Waals surface area contributed by atoms with Gasteiger partial charge in [0.1, 0.15) is 16.4 Å². The van der Waals surface area contributed by atoms with Gasteiger partial charge >= 0.3 is 5.97 Å². The molecule has 2 aromatic rings. The minimum absolute atomic E-state index is 0.0308. The molecule has 2 rings (SSSR count). The normalized spacial score (nSPS) is 10.3. The number of nitrogens with one attached hydrogen (secondary N) is 2. The molecule has 0 unspecified atom stereocenters. The van der Waals surface area contributed by atoms with Crippen LogP contribution in [-0.4, -0.2) is 27.1 Å². The van der Waals surface area contributed by atoms with E-state index in [4.69, 9.17) is 28.3 Å². The summed E-state index contributed by atoms with van der Waals surface area (Å²) in [5, 5.41) is 21.3. The maximum Gasteiger partial charge on any atom is 0.339 e. The summed E-state index contributed by atoms with van der Waals surface area (Å²) in [7, 11) is 0. The van der Waals surface area contributed by atoms with E-state index in [0.717, 1.165) is 0 Å². The van der Waals surface area contributed by atoms with Gasteiger partial charge in [0, 0.05) is 0 Å². The number of carboxylic acid groups (broad SMARTS) is 1. The first-order chi connectivity index (χ1) is 9.40. The molecule has 4 N–H and O–H groups in total. The Balaban J connectivity index is 2.28. The number of benzene rings is 1. The zero-order valence-corrected chi connectivity index (χ0v) is 11.3. The SMILES string of the molecule is O=C(Nc1cccc(C(=O)O)c1O)c1cc(Cl)c(Cl)[nH]1. The number of hydrogen-bond donors (Lipinski definition) is 4. The molecule has 0 saturated heterocycles. The van der Waals surface area contributed by atoms with Crippen LogP contribution in [0.2, 0.25) is 10.2 Å². The predicted octanol–water partition coefficient (Wildman–Crippen LogP) is 2.98. The third-order valence-electron chi connectivity index (χ3n) is 2.48. The minimum Gasteiger partial charge on any atom is -0.505 e. The summed E-state index contributed by atoms with van der Waals surface area (Å²) in [6.45, 7) is 0. The topological polar surface area (TPSA) is 102 Å². The molecular formula is C12H8Cl2N2O4. The second-order valence-corrected chi connectivity index (χ2v) is 4.59. The van der Waals surface area contributed by atoms with Crippen molar-refractivity contribution >= 4 is 40.8 Å². The predicted molar refractivity (Wildman–Crippen MR) is 73.8 cm³/mol. The van der Waals surface area contributed by atoms with Crippen LogP contribution in [-0.2, 0) is 0 Å². The van der Waals surface area contributed by atoms with Gasteiger partial charge < -0.3 is 20.5 Å². The number of aromatic hydroxyl groups is 1. The number of anilines is 1. The maximum atomic E-state index is 11.9. The second kappa shape index (κ2) is 5.44. The summed E-state index contributed by atoms with van der Waals surface area (Å²) in [6, 6.07) is 5.30. The highest BCUT2D eigenvalue weighted by Gasteiger charge is 2.17. The quantitative estimate of drug-likeness (QED) is 0.654. The molecule has 0 aliphatic carbocycles. The first-order valence-electron chi connectivity index (χ1n) is 5.30. The van der Waals surface area contributed by atoms with Crippen molar-refractivity contribution in [1.82, 2.24) is 4.98 Å². The number of rotatable bonds is 3. The Kier molecular flexibility index (Phi) is 3.87. The van der Waals surface area contributed by atoms with E-state index in [-0.39, 0.29) is 27.1 Å². The largest absolute Gasteiger partial charge is 0.505 e. The Hall–Kier alpha value is -2.18. The fourth-order valence-electron chi connectivity index (χ4n) is 1.53. The number of aromatic nitrogens is 1. The van der Waals surface area contributed by atoms with Crippen molar-refractivity contribution in [2.75, 3.05) is 5.32 Å². The van der Waals surface area contributed by atoms with Gasteiger partial charge in [-0.05, 0) is 18.2 Å². The first-order valence-corrected chi connectivity index (χ1v) is 6.06. The lowest BCUT2D eigenvalue weighted by atomic mass is 10.1. The van der Waals surface area contributed by atoms with Crippen LogP contribution < -0.4 is 5.32 Å². The van der Waals surface area contributed by atoms with E-state index >= 15 is 0 Å². The lowest BCUT2D eigenvalue weighted by Crippen LogP contribution is -2.13. The highest BCUT2D eigenvalue weighted by molar-refractivity contribution is 6.41. The zero-order valence-electron chi connectivity index (χ0n) is 9.78. The van der Waals surface area contributed by atoms with Gasteiger partial charge in [0.25, 0.3) is 5.91 Å². The van der Waals surface area contributed by atoms with Crippen molar-refractivity contribution in [3.63, 3.8) is 0 Å². The van der Waals surface area contributed by atoms with Gasteiger partial charge in [-0.15, -0.1) is 0 Å². The molecule has 1 aromatic carbocycles. The molecule has 0 aliphatic rings. The van der Waals surface area contributed by atoms with E-state index in [1.165, 1.54) is 24.3 Å². The smallest absolute Gasteiger partial charge is 0.339 e. The van der Waals surface area contributed by atoms with E-state index in [0.29, 0.717) is 0 Å². The standard InChI is InChI=1S/C12H8Cl2N2O4/c13-6-4-8(15-10(6)14)11(18)16-7-3-1-2-5(9(7)17)12(19)20/h1-4,15,17H,(H,16,18)(H,19,20). The number of carbonyl (C=O) groups excluding carboxylic acids is 1. The van der Waals surface area contributed by atoms with Gasteiger partial charge in [-0.3, -0.25) is 4.79 Å². The van der Waals surface area contributed by atoms with Gasteiger partial charge in [-0.2, -0.15) is 0 Å². The van der Waals surface area contributed by atoms with Gasteiger partial charge in [0.05, 0.1) is 10.7 Å². The summed E-state index contributed by atoms with van der Waals surface area (Å²) in [5.41, 5.74) is -0.262. The lowest BCUT2D eigenvalue weighted by molar-refractivity contribution is 0.0693. The number of carboxylic acids is 1. The molecule has 1 aromatic heterocycles. The Labute approximate surface area is 122 Å². The highest BCUT2D eigenvalue weighted by atomic mass is 35.5. The van der Waals surface area contributed by atoms with Crippen molar-refractivity contribution in [2.24, 2.45) is 0 Å². The van der Waals surface area contributed by atoms with Crippen molar-refractivity contribution in [3.8, 4) is 5.75 Å². The number of halogens is 2. The Morgan fingerprint density at radius 1 is 1.25 bits per heavy atom. The average Bonchev–Trinajstić information content (AvgIpc) is 2.72. The van der Waals surface area contributed by atoms with Crippen molar-refractivity contribution in [3.05, 3.63) is 45.7 Å². The first kappa shape index (κ1) is 14.2. The van der Waals surface area contributed by atoms with Gasteiger partial charge in [-0.1, -0.05) is 29.3 Å². The van der Waals surface area contributed by atoms with Crippen LogP contribution in [0.15, 0.2) is 24.3 Å². The van der Waals surface area contributed by atoms with E-state index in [9.17, 15) is 14.7 Å². The number of phenols is 1. The van der Waals surface area contributed by atoms with Crippen molar-refractivity contribution in [1.29, 1.82) is 0 Å². The molecule has 1 heterocycles. The summed E-state index contributed by atoms with van der Waals surface area (Å²) in [4.78, 5) is 25.3. The molecular weight excluding hydrogens is 307 g/mol. The van der Waals surface area contributed by atoms with Gasteiger partial charge in [-0.25, -0.2) is 4.79 Å². The van der Waals surface area contributed by atoms with Crippen LogP contribution in [0.4, 0.5) is 5.69 Å². The third kappa shape index (κ3) is 2.71. The fraction of sp³-hybridized carbons (Fsp3) is 0. The summed E-state index contributed by atoms with van der Waals surface area (Å²) in [5.74, 6) is -2.45. The molecule has 0 radical (unpaired) electrons. The third-order valence-corrected chi connectivity index (χ3v) is 3.18. The number of hydrogen-bond acceptors (Lipinski definition) is 3. The van der Waals surface area contributed by atoms with E-state index in [1.807, 2.05) is 0 Å². The summed E-state index contributed by atoms with van der Waals surface area (Å²) < 4.78 is 0. The second-order valence-electron chi connectivity index (χ2n) is 3.81. The van der Waals surface area contributed by atoms with Crippen LogP contribution in [0.1, 0.15) is 20.8 Å². The van der Waals surface area contributed by atoms with Crippen LogP contribution in [0.3, 0.4) is 0 Å². The van der Waals surface area contributed by atoms with Crippen LogP contribution >= 0.6 is 23.2 Å². The number of H-pyrrole nitrogens is 1. The van der Waals surface area contributed by atoms with E-state index < -0.39 is 17.6 Å². The zero-order chi connectivity index (χ0) is 14.9.